The fraction of sp³-hybridized carbons (Fsp3) is 0.286. The lowest BCUT2D eigenvalue weighted by molar-refractivity contribution is 0.317. The van der Waals surface area contributed by atoms with E-state index < -0.39 is 0 Å². The average molecular weight is 277 g/mol. The van der Waals surface area contributed by atoms with Crippen LogP contribution in [0.2, 0.25) is 0 Å². The van der Waals surface area contributed by atoms with Crippen LogP contribution in [0.3, 0.4) is 0 Å². The molecule has 0 aliphatic rings. The number of thiocarbonyl (C=S) groups is 1. The third-order valence-corrected chi connectivity index (χ3v) is 2.38. The zero-order valence-corrected chi connectivity index (χ0v) is 11.9. The summed E-state index contributed by atoms with van der Waals surface area (Å²) in [5, 5.41) is 7.42. The molecule has 1 rings (SSSR count). The van der Waals surface area contributed by atoms with E-state index in [0.29, 0.717) is 11.7 Å². The van der Waals surface area contributed by atoms with Crippen LogP contribution in [0.15, 0.2) is 42.0 Å². The van der Waals surface area contributed by atoms with Crippen LogP contribution < -0.4 is 15.5 Å². The van der Waals surface area contributed by atoms with Gasteiger partial charge in [-0.15, -0.1) is 6.58 Å². The average Bonchev–Trinajstić information content (AvgIpc) is 2.44. The number of ether oxygens (including phenoxy) is 1. The number of hydrogen-bond donors (Lipinski definition) is 2. The molecule has 0 spiro atoms. The van der Waals surface area contributed by atoms with E-state index in [1.54, 1.807) is 12.3 Å². The van der Waals surface area contributed by atoms with Gasteiger partial charge >= 0.3 is 0 Å². The summed E-state index contributed by atoms with van der Waals surface area (Å²) in [5.74, 6) is 0.870. The highest BCUT2D eigenvalue weighted by Gasteiger charge is 1.93. The van der Waals surface area contributed by atoms with Crippen molar-refractivity contribution in [3.63, 3.8) is 0 Å². The molecule has 102 valence electrons. The van der Waals surface area contributed by atoms with Gasteiger partial charge in [0, 0.05) is 6.54 Å². The molecule has 19 heavy (non-hydrogen) atoms. The predicted octanol–water partition coefficient (Wildman–Crippen LogP) is 2.46. The van der Waals surface area contributed by atoms with Crippen LogP contribution in [-0.4, -0.2) is 24.5 Å². The third-order valence-electron chi connectivity index (χ3n) is 2.14. The summed E-state index contributed by atoms with van der Waals surface area (Å²) in [6.45, 7) is 7.02. The maximum atomic E-state index is 5.50. The second-order valence-corrected chi connectivity index (χ2v) is 4.19. The molecule has 0 atom stereocenters. The van der Waals surface area contributed by atoms with Crippen LogP contribution in [0.5, 0.6) is 5.75 Å². The molecule has 0 amide bonds. The molecule has 0 saturated carbocycles. The van der Waals surface area contributed by atoms with Crippen molar-refractivity contribution in [2.45, 2.75) is 13.3 Å². The van der Waals surface area contributed by atoms with Crippen molar-refractivity contribution in [1.82, 2.24) is 10.7 Å². The van der Waals surface area contributed by atoms with Crippen LogP contribution in [-0.2, 0) is 0 Å². The monoisotopic (exact) mass is 277 g/mol. The molecule has 0 unspecified atom stereocenters. The van der Waals surface area contributed by atoms with Crippen molar-refractivity contribution >= 4 is 23.5 Å². The number of hydrogen-bond acceptors (Lipinski definition) is 3. The maximum Gasteiger partial charge on any atom is 0.187 e. The van der Waals surface area contributed by atoms with Crippen molar-refractivity contribution in [1.29, 1.82) is 0 Å². The molecule has 0 saturated heterocycles. The Morgan fingerprint density at radius 2 is 2.16 bits per heavy atom. The van der Waals surface area contributed by atoms with E-state index >= 15 is 0 Å². The van der Waals surface area contributed by atoms with E-state index in [-0.39, 0.29) is 0 Å². The summed E-state index contributed by atoms with van der Waals surface area (Å²) in [6.07, 6.45) is 4.43. The predicted molar refractivity (Wildman–Crippen MR) is 83.8 cm³/mol. The number of rotatable bonds is 7. The third kappa shape index (κ3) is 6.57. The Hall–Kier alpha value is -1.88. The molecule has 0 bridgehead atoms. The second kappa shape index (κ2) is 9.10. The minimum absolute atomic E-state index is 0.471. The quantitative estimate of drug-likeness (QED) is 0.348. The van der Waals surface area contributed by atoms with Gasteiger partial charge in [0.2, 0.25) is 0 Å². The highest BCUT2D eigenvalue weighted by molar-refractivity contribution is 7.80. The molecule has 0 radical (unpaired) electrons. The molecule has 1 aromatic carbocycles. The fourth-order valence-corrected chi connectivity index (χ4v) is 1.38. The minimum atomic E-state index is 0.471. The molecular formula is C14H19N3OS. The molecule has 0 aromatic heterocycles. The Morgan fingerprint density at radius 1 is 1.42 bits per heavy atom. The molecule has 2 N–H and O–H groups in total. The zero-order chi connectivity index (χ0) is 13.9. The molecule has 0 heterocycles. The van der Waals surface area contributed by atoms with Crippen molar-refractivity contribution in [3.05, 3.63) is 42.5 Å². The fourth-order valence-electron chi connectivity index (χ4n) is 1.24. The van der Waals surface area contributed by atoms with Gasteiger partial charge < -0.3 is 10.1 Å². The standard InChI is InChI=1S/C14H19N3OS/c1-3-9-15-14(19)17-16-11-12-5-7-13(8-6-12)18-10-4-2/h3,5-8,11H,1,4,9-10H2,2H3,(H2,15,17,19)/b16-11+. The van der Waals surface area contributed by atoms with Crippen LogP contribution in [0.25, 0.3) is 0 Å². The molecule has 4 nitrogen and oxygen atoms in total. The molecule has 1 aromatic rings. The first-order valence-corrected chi connectivity index (χ1v) is 6.57. The lowest BCUT2D eigenvalue weighted by atomic mass is 10.2. The van der Waals surface area contributed by atoms with Gasteiger partial charge in [0.15, 0.2) is 5.11 Å². The van der Waals surface area contributed by atoms with E-state index in [0.717, 1.165) is 24.3 Å². The Bertz CT molecular complexity index is 429. The molecule has 5 heteroatoms. The van der Waals surface area contributed by atoms with Gasteiger partial charge in [0.05, 0.1) is 12.8 Å². The van der Waals surface area contributed by atoms with Crippen molar-refractivity contribution in [2.24, 2.45) is 5.10 Å². The second-order valence-electron chi connectivity index (χ2n) is 3.79. The summed E-state index contributed by atoms with van der Waals surface area (Å²) in [4.78, 5) is 0. The van der Waals surface area contributed by atoms with E-state index in [9.17, 15) is 0 Å². The Morgan fingerprint density at radius 3 is 2.79 bits per heavy atom. The largest absolute Gasteiger partial charge is 0.494 e. The topological polar surface area (TPSA) is 45.7 Å². The highest BCUT2D eigenvalue weighted by Crippen LogP contribution is 2.11. The van der Waals surface area contributed by atoms with Crippen molar-refractivity contribution < 1.29 is 4.74 Å². The van der Waals surface area contributed by atoms with Crippen LogP contribution in [0.1, 0.15) is 18.9 Å². The first kappa shape index (κ1) is 15.2. The van der Waals surface area contributed by atoms with E-state index in [1.807, 2.05) is 24.3 Å². The van der Waals surface area contributed by atoms with Gasteiger partial charge in [-0.3, -0.25) is 5.43 Å². The first-order chi connectivity index (χ1) is 9.26. The lowest BCUT2D eigenvalue weighted by Crippen LogP contribution is -2.31. The lowest BCUT2D eigenvalue weighted by Gasteiger charge is -2.04. The Kier molecular flexibility index (Phi) is 7.27. The number of nitrogens with one attached hydrogen (secondary N) is 2. The summed E-state index contributed by atoms with van der Waals surface area (Å²) in [6, 6.07) is 7.73. The molecule has 0 fully saturated rings. The van der Waals surface area contributed by atoms with Gasteiger partial charge in [0.1, 0.15) is 5.75 Å². The summed E-state index contributed by atoms with van der Waals surface area (Å²) < 4.78 is 5.50. The summed E-state index contributed by atoms with van der Waals surface area (Å²) in [7, 11) is 0. The van der Waals surface area contributed by atoms with Gasteiger partial charge in [0.25, 0.3) is 0 Å². The van der Waals surface area contributed by atoms with Gasteiger partial charge in [-0.25, -0.2) is 0 Å². The van der Waals surface area contributed by atoms with Crippen molar-refractivity contribution in [2.75, 3.05) is 13.2 Å². The summed E-state index contributed by atoms with van der Waals surface area (Å²) >= 11 is 5.00. The molecular weight excluding hydrogens is 258 g/mol. The smallest absolute Gasteiger partial charge is 0.187 e. The number of hydrazone groups is 1. The zero-order valence-electron chi connectivity index (χ0n) is 11.1. The van der Waals surface area contributed by atoms with Crippen LogP contribution in [0.4, 0.5) is 0 Å². The van der Waals surface area contributed by atoms with Crippen molar-refractivity contribution in [3.8, 4) is 5.75 Å². The number of nitrogens with zero attached hydrogens (tertiary/aromatic N) is 1. The van der Waals surface area contributed by atoms with E-state index in [2.05, 4.69) is 29.3 Å². The number of benzene rings is 1. The Labute approximate surface area is 119 Å². The molecule has 0 aliphatic heterocycles. The molecule has 0 aliphatic carbocycles. The maximum absolute atomic E-state index is 5.50. The van der Waals surface area contributed by atoms with Crippen LogP contribution >= 0.6 is 12.2 Å². The van der Waals surface area contributed by atoms with Gasteiger partial charge in [-0.05, 0) is 48.5 Å². The SMILES string of the molecule is C=CCNC(=S)N/N=C/c1ccc(OCCC)cc1. The summed E-state index contributed by atoms with van der Waals surface area (Å²) in [5.41, 5.74) is 3.70. The van der Waals surface area contributed by atoms with E-state index in [1.165, 1.54) is 0 Å². The van der Waals surface area contributed by atoms with Crippen LogP contribution in [0, 0.1) is 0 Å². The van der Waals surface area contributed by atoms with Gasteiger partial charge in [-0.1, -0.05) is 13.0 Å². The van der Waals surface area contributed by atoms with Gasteiger partial charge in [-0.2, -0.15) is 5.10 Å². The highest BCUT2D eigenvalue weighted by atomic mass is 32.1. The normalized spacial score (nSPS) is 10.2. The minimum Gasteiger partial charge on any atom is -0.494 e. The van der Waals surface area contributed by atoms with E-state index in [4.69, 9.17) is 17.0 Å². The first-order valence-electron chi connectivity index (χ1n) is 6.17. The Balaban J connectivity index is 2.39.